The molecule has 0 bridgehead atoms. The van der Waals surface area contributed by atoms with Crippen LogP contribution in [0.2, 0.25) is 5.02 Å². The first-order chi connectivity index (χ1) is 15.6. The highest BCUT2D eigenvalue weighted by molar-refractivity contribution is 14.1. The first-order valence-corrected chi connectivity index (χ1v) is 13.2. The summed E-state index contributed by atoms with van der Waals surface area (Å²) in [5.41, 5.74) is 4.83. The Morgan fingerprint density at radius 2 is 1.84 bits per heavy atom. The molecule has 6 heteroatoms. The van der Waals surface area contributed by atoms with E-state index in [0.29, 0.717) is 24.2 Å². The number of pyridine rings is 1. The van der Waals surface area contributed by atoms with E-state index in [1.54, 1.807) is 0 Å². The summed E-state index contributed by atoms with van der Waals surface area (Å²) >= 11 is 8.67. The Bertz CT molecular complexity index is 970. The van der Waals surface area contributed by atoms with Gasteiger partial charge in [0.15, 0.2) is 0 Å². The average Bonchev–Trinajstić information content (AvgIpc) is 2.96. The van der Waals surface area contributed by atoms with Gasteiger partial charge in [-0.05, 0) is 108 Å². The van der Waals surface area contributed by atoms with Gasteiger partial charge in [-0.2, -0.15) is 0 Å². The van der Waals surface area contributed by atoms with Crippen molar-refractivity contribution in [3.63, 3.8) is 0 Å². The number of hydrogen-bond acceptors (Lipinski definition) is 3. The van der Waals surface area contributed by atoms with Gasteiger partial charge in [0.2, 0.25) is 5.91 Å². The molecule has 1 amide bonds. The van der Waals surface area contributed by atoms with Crippen molar-refractivity contribution in [3.8, 4) is 0 Å². The summed E-state index contributed by atoms with van der Waals surface area (Å²) in [5, 5.41) is 4.16. The predicted octanol–water partition coefficient (Wildman–Crippen LogP) is 5.58. The zero-order valence-electron chi connectivity index (χ0n) is 18.2. The maximum atomic E-state index is 12.9. The molecule has 3 aliphatic rings. The molecule has 0 saturated carbocycles. The molecule has 32 heavy (non-hydrogen) atoms. The fourth-order valence-corrected chi connectivity index (χ4v) is 6.24. The molecule has 1 aromatic heterocycles. The summed E-state index contributed by atoms with van der Waals surface area (Å²) in [6.07, 6.45) is 11.3. The summed E-state index contributed by atoms with van der Waals surface area (Å²) in [4.78, 5) is 20.0. The maximum absolute atomic E-state index is 12.9. The summed E-state index contributed by atoms with van der Waals surface area (Å²) in [7, 11) is 0. The molecular formula is C26H29ClIN3O. The second-order valence-corrected chi connectivity index (χ2v) is 11.0. The minimum absolute atomic E-state index is 0.228. The first-order valence-electron chi connectivity index (χ1n) is 11.7. The fourth-order valence-electron chi connectivity index (χ4n) is 5.58. The van der Waals surface area contributed by atoms with Crippen molar-refractivity contribution in [2.24, 2.45) is 11.8 Å². The van der Waals surface area contributed by atoms with Crippen LogP contribution in [0.1, 0.15) is 60.4 Å². The number of rotatable bonds is 3. The van der Waals surface area contributed by atoms with Crippen LogP contribution in [0.4, 0.5) is 0 Å². The number of carbonyl (C=O) groups excluding carboxylic acids is 1. The topological polar surface area (TPSA) is 45.2 Å². The number of aromatic nitrogens is 1. The van der Waals surface area contributed by atoms with Crippen molar-refractivity contribution in [3.05, 3.63) is 61.4 Å². The van der Waals surface area contributed by atoms with Gasteiger partial charge in [0.1, 0.15) is 0 Å². The lowest BCUT2D eigenvalue weighted by Crippen LogP contribution is -2.41. The number of benzene rings is 1. The van der Waals surface area contributed by atoms with Crippen molar-refractivity contribution in [2.45, 2.75) is 38.0 Å². The standard InChI is InChI=1S/C26H29ClIN3O/c27-21-3-4-23-19(14-21)1-2-20-15-22(28)16-30-26(20)25(23)18-7-11-31(12-8-18)24(32)13-17-5-9-29-10-6-17/h1-4,14-18,25,29H,5-13H2. The van der Waals surface area contributed by atoms with Crippen LogP contribution in [0.15, 0.2) is 30.5 Å². The Kier molecular flexibility index (Phi) is 6.86. The number of carbonyl (C=O) groups is 1. The van der Waals surface area contributed by atoms with E-state index in [0.717, 1.165) is 66.1 Å². The molecule has 1 aromatic carbocycles. The molecule has 4 nitrogen and oxygen atoms in total. The fraction of sp³-hybridized carbons (Fsp3) is 0.462. The molecular weight excluding hydrogens is 533 g/mol. The van der Waals surface area contributed by atoms with Crippen LogP contribution in [0, 0.1) is 15.4 Å². The molecule has 1 aliphatic carbocycles. The quantitative estimate of drug-likeness (QED) is 0.498. The van der Waals surface area contributed by atoms with E-state index in [1.807, 2.05) is 12.3 Å². The van der Waals surface area contributed by atoms with Crippen molar-refractivity contribution in [1.82, 2.24) is 15.2 Å². The first kappa shape index (κ1) is 22.4. The predicted molar refractivity (Wildman–Crippen MR) is 139 cm³/mol. The molecule has 0 radical (unpaired) electrons. The number of hydrogen-bond donors (Lipinski definition) is 1. The van der Waals surface area contributed by atoms with Gasteiger partial charge < -0.3 is 10.2 Å². The monoisotopic (exact) mass is 561 g/mol. The van der Waals surface area contributed by atoms with E-state index in [2.05, 4.69) is 63.2 Å². The summed E-state index contributed by atoms with van der Waals surface area (Å²) in [6, 6.07) is 8.46. The minimum atomic E-state index is 0.228. The van der Waals surface area contributed by atoms with Crippen LogP contribution in [0.3, 0.4) is 0 Å². The normalized spacial score (nSPS) is 21.7. The van der Waals surface area contributed by atoms with E-state index in [-0.39, 0.29) is 5.92 Å². The van der Waals surface area contributed by atoms with E-state index >= 15 is 0 Å². The molecule has 2 saturated heterocycles. The van der Waals surface area contributed by atoms with Crippen molar-refractivity contribution in [2.75, 3.05) is 26.2 Å². The zero-order valence-corrected chi connectivity index (χ0v) is 21.1. The average molecular weight is 562 g/mol. The molecule has 0 spiro atoms. The highest BCUT2D eigenvalue weighted by Crippen LogP contribution is 2.43. The van der Waals surface area contributed by atoms with Crippen LogP contribution in [0.25, 0.3) is 12.2 Å². The van der Waals surface area contributed by atoms with E-state index in [4.69, 9.17) is 16.6 Å². The number of fused-ring (bicyclic) bond motifs is 2. The second kappa shape index (κ2) is 9.82. The third-order valence-corrected chi connectivity index (χ3v) is 8.15. The Hall–Kier alpha value is -1.44. The Labute approximate surface area is 209 Å². The number of halogens is 2. The third-order valence-electron chi connectivity index (χ3n) is 7.32. The van der Waals surface area contributed by atoms with Crippen molar-refractivity contribution < 1.29 is 4.79 Å². The summed E-state index contributed by atoms with van der Waals surface area (Å²) < 4.78 is 1.15. The molecule has 1 unspecified atom stereocenters. The van der Waals surface area contributed by atoms with E-state index in [1.165, 1.54) is 16.7 Å². The molecule has 2 aromatic rings. The van der Waals surface area contributed by atoms with E-state index in [9.17, 15) is 4.79 Å². The van der Waals surface area contributed by atoms with Crippen LogP contribution in [-0.4, -0.2) is 42.0 Å². The van der Waals surface area contributed by atoms with Gasteiger partial charge in [-0.1, -0.05) is 29.8 Å². The summed E-state index contributed by atoms with van der Waals surface area (Å²) in [5.74, 6) is 1.58. The molecule has 1 atom stereocenters. The van der Waals surface area contributed by atoms with Gasteiger partial charge in [-0.3, -0.25) is 9.78 Å². The van der Waals surface area contributed by atoms with Gasteiger partial charge >= 0.3 is 0 Å². The lowest BCUT2D eigenvalue weighted by Gasteiger charge is -2.37. The highest BCUT2D eigenvalue weighted by Gasteiger charge is 2.34. The molecule has 2 fully saturated rings. The van der Waals surface area contributed by atoms with E-state index < -0.39 is 0 Å². The number of amides is 1. The molecule has 168 valence electrons. The second-order valence-electron chi connectivity index (χ2n) is 9.33. The number of piperidine rings is 2. The largest absolute Gasteiger partial charge is 0.343 e. The molecule has 2 aliphatic heterocycles. The smallest absolute Gasteiger partial charge is 0.222 e. The minimum Gasteiger partial charge on any atom is -0.343 e. The van der Waals surface area contributed by atoms with Gasteiger partial charge in [-0.15, -0.1) is 0 Å². The third kappa shape index (κ3) is 4.75. The Morgan fingerprint density at radius 3 is 2.62 bits per heavy atom. The molecule has 1 N–H and O–H groups in total. The lowest BCUT2D eigenvalue weighted by molar-refractivity contribution is -0.133. The SMILES string of the molecule is O=C(CC1CCNCC1)N1CCC(C2c3ccc(Cl)cc3C=Cc3cc(I)cnc32)CC1. The van der Waals surface area contributed by atoms with Gasteiger partial charge in [0, 0.05) is 40.2 Å². The van der Waals surface area contributed by atoms with Crippen LogP contribution < -0.4 is 5.32 Å². The van der Waals surface area contributed by atoms with Gasteiger partial charge in [0.05, 0.1) is 5.69 Å². The zero-order chi connectivity index (χ0) is 22.1. The Balaban J connectivity index is 1.36. The van der Waals surface area contributed by atoms with Crippen LogP contribution in [0.5, 0.6) is 0 Å². The number of likely N-dealkylation sites (tertiary alicyclic amines) is 1. The molecule has 3 heterocycles. The van der Waals surface area contributed by atoms with Crippen LogP contribution in [-0.2, 0) is 4.79 Å². The number of nitrogens with zero attached hydrogens (tertiary/aromatic N) is 2. The van der Waals surface area contributed by atoms with Crippen molar-refractivity contribution in [1.29, 1.82) is 0 Å². The van der Waals surface area contributed by atoms with Gasteiger partial charge in [-0.25, -0.2) is 0 Å². The molecule has 5 rings (SSSR count). The Morgan fingerprint density at radius 1 is 1.09 bits per heavy atom. The lowest BCUT2D eigenvalue weighted by atomic mass is 9.76. The van der Waals surface area contributed by atoms with Crippen molar-refractivity contribution >= 4 is 52.3 Å². The van der Waals surface area contributed by atoms with Gasteiger partial charge in [0.25, 0.3) is 0 Å². The summed E-state index contributed by atoms with van der Waals surface area (Å²) in [6.45, 7) is 3.79. The maximum Gasteiger partial charge on any atom is 0.222 e. The number of nitrogens with one attached hydrogen (secondary N) is 1. The van der Waals surface area contributed by atoms with Crippen LogP contribution >= 0.6 is 34.2 Å². The highest BCUT2D eigenvalue weighted by atomic mass is 127.